The van der Waals surface area contributed by atoms with Crippen LogP contribution in [0.15, 0.2) is 84.3 Å². The molecule has 0 heterocycles. The maximum Gasteiger partial charge on any atom is 0.262 e. The molecule has 0 aliphatic rings. The lowest BCUT2D eigenvalue weighted by molar-refractivity contribution is -0.123. The number of allylic oxidation sites excluding steroid dienone is 6. The van der Waals surface area contributed by atoms with Gasteiger partial charge >= 0.3 is 0 Å². The topological polar surface area (TPSA) is 100 Å². The number of hydrogen-bond acceptors (Lipinski definition) is 5. The first-order valence-corrected chi connectivity index (χ1v) is 8.60. The second kappa shape index (κ2) is 14.9. The van der Waals surface area contributed by atoms with Crippen molar-refractivity contribution in [1.29, 1.82) is 5.26 Å². The second-order valence-corrected chi connectivity index (χ2v) is 5.52. The molecule has 0 saturated carbocycles. The van der Waals surface area contributed by atoms with Gasteiger partial charge in [-0.1, -0.05) is 30.8 Å². The highest BCUT2D eigenvalue weighted by molar-refractivity contribution is 6.25. The van der Waals surface area contributed by atoms with E-state index in [4.69, 9.17) is 27.3 Å². The van der Waals surface area contributed by atoms with Gasteiger partial charge in [0, 0.05) is 54.2 Å². The summed E-state index contributed by atoms with van der Waals surface area (Å²) in [6, 6.07) is 1.92. The maximum atomic E-state index is 13.0. The van der Waals surface area contributed by atoms with Gasteiger partial charge in [0.1, 0.15) is 11.6 Å². The number of rotatable bonds is 13. The van der Waals surface area contributed by atoms with E-state index in [1.165, 1.54) is 12.2 Å². The van der Waals surface area contributed by atoms with E-state index in [1.54, 1.807) is 12.2 Å². The average molecular weight is 407 g/mol. The Labute approximate surface area is 169 Å². The lowest BCUT2D eigenvalue weighted by Gasteiger charge is -2.11. The minimum absolute atomic E-state index is 0.0620. The van der Waals surface area contributed by atoms with Crippen LogP contribution in [0, 0.1) is 11.3 Å². The van der Waals surface area contributed by atoms with Crippen LogP contribution in [0.2, 0.25) is 0 Å². The van der Waals surface area contributed by atoms with Crippen LogP contribution in [0.1, 0.15) is 12.8 Å². The third-order valence-corrected chi connectivity index (χ3v) is 3.18. The Bertz CT molecular complexity index is 746. The quantitative estimate of drug-likeness (QED) is 0.188. The molecule has 28 heavy (non-hydrogen) atoms. The Morgan fingerprint density at radius 3 is 2.64 bits per heavy atom. The van der Waals surface area contributed by atoms with E-state index in [2.05, 4.69) is 30.4 Å². The highest BCUT2D eigenvalue weighted by atomic mass is 35.5. The zero-order chi connectivity index (χ0) is 21.4. The van der Waals surface area contributed by atoms with Crippen LogP contribution in [0.3, 0.4) is 0 Å². The third kappa shape index (κ3) is 12.2. The number of nitrogens with zero attached hydrogens (tertiary/aromatic N) is 1. The number of ether oxygens (including phenoxy) is 1. The number of nitrogens with one attached hydrogen (secondary N) is 2. The van der Waals surface area contributed by atoms with Crippen LogP contribution >= 0.6 is 11.6 Å². The average Bonchev–Trinajstić information content (AvgIpc) is 2.65. The minimum Gasteiger partial charge on any atom is -0.484 e. The summed E-state index contributed by atoms with van der Waals surface area (Å²) in [5.74, 6) is -1.13. The van der Waals surface area contributed by atoms with Crippen molar-refractivity contribution in [1.82, 2.24) is 10.6 Å². The minimum atomic E-state index is -0.725. The Kier molecular flexibility index (Phi) is 13.2. The Morgan fingerprint density at radius 2 is 2.07 bits per heavy atom. The number of carbonyl (C=O) groups is 1. The van der Waals surface area contributed by atoms with Crippen LogP contribution < -0.4 is 16.4 Å². The van der Waals surface area contributed by atoms with Crippen LogP contribution in [0.5, 0.6) is 0 Å². The molecule has 0 saturated heterocycles. The van der Waals surface area contributed by atoms with Gasteiger partial charge in [-0.05, 0) is 12.2 Å². The lowest BCUT2D eigenvalue weighted by atomic mass is 10.2. The number of carbonyl (C=O) groups excluding carboxylic acids is 1. The summed E-state index contributed by atoms with van der Waals surface area (Å²) in [5, 5.41) is 14.4. The molecule has 0 aliphatic carbocycles. The highest BCUT2D eigenvalue weighted by Crippen LogP contribution is 2.08. The molecule has 0 aromatic heterocycles. The number of halogens is 2. The normalized spacial score (nSPS) is 12.6. The molecule has 0 rings (SSSR count). The molecule has 0 spiro atoms. The van der Waals surface area contributed by atoms with E-state index >= 15 is 0 Å². The van der Waals surface area contributed by atoms with Gasteiger partial charge < -0.3 is 21.1 Å². The fourth-order valence-corrected chi connectivity index (χ4v) is 1.83. The summed E-state index contributed by atoms with van der Waals surface area (Å²) in [6.07, 6.45) is 7.76. The zero-order valence-electron chi connectivity index (χ0n) is 15.5. The summed E-state index contributed by atoms with van der Waals surface area (Å²) >= 11 is 5.21. The first kappa shape index (κ1) is 24.8. The number of nitrogens with two attached hydrogens (primary N) is 1. The van der Waals surface area contributed by atoms with Gasteiger partial charge in [-0.25, -0.2) is 4.39 Å². The second-order valence-electron chi connectivity index (χ2n) is 5.30. The molecule has 150 valence electrons. The van der Waals surface area contributed by atoms with Crippen molar-refractivity contribution >= 4 is 17.5 Å². The van der Waals surface area contributed by atoms with Crippen molar-refractivity contribution < 1.29 is 13.9 Å². The molecular formula is C20H24ClFN4O2. The lowest BCUT2D eigenvalue weighted by Crippen LogP contribution is -2.28. The Hall–Kier alpha value is -3.24. The van der Waals surface area contributed by atoms with Crippen molar-refractivity contribution in [2.75, 3.05) is 13.2 Å². The standard InChI is InChI=1S/C20H24ClFN4O2/c1-4-6-17(24)12-18(7-9-23)25-10-8-15(3)26-20(27)14-28-19(5-2)11-16(22)13-21/h4-5,7,11-13,25H,1-3,6,8,10,14,24H2,(H,26,27)/b16-13-,17-12-,18-7-,19-11+. The summed E-state index contributed by atoms with van der Waals surface area (Å²) in [7, 11) is 0. The van der Waals surface area contributed by atoms with Gasteiger partial charge in [-0.3, -0.25) is 4.79 Å². The van der Waals surface area contributed by atoms with Crippen molar-refractivity contribution in [2.45, 2.75) is 12.8 Å². The van der Waals surface area contributed by atoms with E-state index in [1.807, 2.05) is 6.07 Å². The van der Waals surface area contributed by atoms with E-state index in [9.17, 15) is 9.18 Å². The van der Waals surface area contributed by atoms with E-state index < -0.39 is 11.7 Å². The number of amides is 1. The molecule has 0 fully saturated rings. The Morgan fingerprint density at radius 1 is 1.36 bits per heavy atom. The van der Waals surface area contributed by atoms with Gasteiger partial charge in [0.05, 0.1) is 6.07 Å². The van der Waals surface area contributed by atoms with Gasteiger partial charge in [-0.15, -0.1) is 6.58 Å². The largest absolute Gasteiger partial charge is 0.484 e. The molecule has 0 aromatic carbocycles. The molecule has 8 heteroatoms. The predicted molar refractivity (Wildman–Crippen MR) is 110 cm³/mol. The van der Waals surface area contributed by atoms with Gasteiger partial charge in [0.15, 0.2) is 6.61 Å². The van der Waals surface area contributed by atoms with Gasteiger partial charge in [0.25, 0.3) is 5.91 Å². The smallest absolute Gasteiger partial charge is 0.262 e. The van der Waals surface area contributed by atoms with Crippen molar-refractivity contribution in [3.05, 3.63) is 84.3 Å². The van der Waals surface area contributed by atoms with Crippen molar-refractivity contribution in [3.8, 4) is 6.07 Å². The van der Waals surface area contributed by atoms with Gasteiger partial charge in [-0.2, -0.15) is 5.26 Å². The highest BCUT2D eigenvalue weighted by Gasteiger charge is 2.06. The van der Waals surface area contributed by atoms with E-state index in [0.717, 1.165) is 11.6 Å². The zero-order valence-corrected chi connectivity index (χ0v) is 16.3. The summed E-state index contributed by atoms with van der Waals surface area (Å²) in [6.45, 7) is 10.9. The van der Waals surface area contributed by atoms with Crippen LogP contribution in [-0.2, 0) is 9.53 Å². The van der Waals surface area contributed by atoms with E-state index in [-0.39, 0.29) is 12.4 Å². The molecule has 0 radical (unpaired) electrons. The van der Waals surface area contributed by atoms with E-state index in [0.29, 0.717) is 36.5 Å². The first-order chi connectivity index (χ1) is 13.4. The molecule has 4 N–H and O–H groups in total. The molecule has 6 nitrogen and oxygen atoms in total. The summed E-state index contributed by atoms with van der Waals surface area (Å²) in [5.41, 5.74) is 8.06. The monoisotopic (exact) mass is 406 g/mol. The fraction of sp³-hybridized carbons (Fsp3) is 0.200. The molecule has 0 atom stereocenters. The Balaban J connectivity index is 4.45. The van der Waals surface area contributed by atoms with Crippen LogP contribution in [0.25, 0.3) is 0 Å². The summed E-state index contributed by atoms with van der Waals surface area (Å²) in [4.78, 5) is 11.8. The maximum absolute atomic E-state index is 13.0. The van der Waals surface area contributed by atoms with Crippen molar-refractivity contribution in [3.63, 3.8) is 0 Å². The first-order valence-electron chi connectivity index (χ1n) is 8.17. The molecule has 0 aliphatic heterocycles. The summed E-state index contributed by atoms with van der Waals surface area (Å²) < 4.78 is 18.2. The predicted octanol–water partition coefficient (Wildman–Crippen LogP) is 3.56. The number of nitriles is 1. The SMILES string of the molecule is C=CC/C(N)=C/C(=C/C#N)NCCC(=C)NC(=O)CO/C(C=C)=C/C(F)=C/Cl. The molecule has 0 unspecified atom stereocenters. The third-order valence-electron chi connectivity index (χ3n) is 2.97. The molecule has 1 amide bonds. The molecule has 0 bridgehead atoms. The van der Waals surface area contributed by atoms with Gasteiger partial charge in [0.2, 0.25) is 0 Å². The van der Waals surface area contributed by atoms with Crippen LogP contribution in [0.4, 0.5) is 4.39 Å². The fourth-order valence-electron chi connectivity index (χ4n) is 1.77. The molecule has 0 aromatic rings. The van der Waals surface area contributed by atoms with Crippen molar-refractivity contribution in [2.24, 2.45) is 5.73 Å². The van der Waals surface area contributed by atoms with Crippen LogP contribution in [-0.4, -0.2) is 19.1 Å². The molecular weight excluding hydrogens is 383 g/mol. The number of hydrogen-bond donors (Lipinski definition) is 3.